The van der Waals surface area contributed by atoms with Gasteiger partial charge in [-0.3, -0.25) is 0 Å². The molecule has 2 heterocycles. The van der Waals surface area contributed by atoms with Crippen molar-refractivity contribution >= 4 is 9.84 Å². The zero-order valence-corrected chi connectivity index (χ0v) is 10.8. The molecule has 0 saturated carbocycles. The Bertz CT molecular complexity index is 348. The molecule has 94 valence electrons. The third-order valence-corrected chi connectivity index (χ3v) is 5.92. The van der Waals surface area contributed by atoms with Crippen LogP contribution in [0.15, 0.2) is 0 Å². The van der Waals surface area contributed by atoms with E-state index in [4.69, 9.17) is 4.74 Å². The van der Waals surface area contributed by atoms with Gasteiger partial charge in [0, 0.05) is 25.6 Å². The first-order valence-electron chi connectivity index (χ1n) is 5.91. The lowest BCUT2D eigenvalue weighted by atomic mass is 9.67. The summed E-state index contributed by atoms with van der Waals surface area (Å²) in [6.07, 6.45) is 2.02. The van der Waals surface area contributed by atoms with Crippen molar-refractivity contribution in [2.24, 2.45) is 11.3 Å². The lowest BCUT2D eigenvalue weighted by Gasteiger charge is -2.48. The van der Waals surface area contributed by atoms with E-state index in [1.165, 1.54) is 0 Å². The van der Waals surface area contributed by atoms with E-state index in [9.17, 15) is 8.42 Å². The predicted molar refractivity (Wildman–Crippen MR) is 63.2 cm³/mol. The Morgan fingerprint density at radius 2 is 2.19 bits per heavy atom. The largest absolute Gasteiger partial charge is 0.382 e. The van der Waals surface area contributed by atoms with Crippen LogP contribution in [0.25, 0.3) is 0 Å². The van der Waals surface area contributed by atoms with Crippen LogP contribution in [0, 0.1) is 11.3 Å². The quantitative estimate of drug-likeness (QED) is 0.783. The third-order valence-electron chi connectivity index (χ3n) is 4.15. The molecule has 0 spiro atoms. The zero-order valence-electron chi connectivity index (χ0n) is 10.0. The molecular weight excluding hydrogens is 226 g/mol. The van der Waals surface area contributed by atoms with Gasteiger partial charge in [-0.1, -0.05) is 0 Å². The SMILES string of the molecule is COC(C)CC1(C2CCS(=O)(=O)C2)CNC1. The number of methoxy groups -OCH3 is 1. The lowest BCUT2D eigenvalue weighted by Crippen LogP contribution is -2.59. The molecule has 4 nitrogen and oxygen atoms in total. The van der Waals surface area contributed by atoms with E-state index >= 15 is 0 Å². The van der Waals surface area contributed by atoms with E-state index in [1.54, 1.807) is 7.11 Å². The monoisotopic (exact) mass is 247 g/mol. The van der Waals surface area contributed by atoms with E-state index in [0.29, 0.717) is 17.4 Å². The van der Waals surface area contributed by atoms with Crippen molar-refractivity contribution in [2.45, 2.75) is 25.9 Å². The summed E-state index contributed by atoms with van der Waals surface area (Å²) in [6, 6.07) is 0. The first-order valence-corrected chi connectivity index (χ1v) is 7.73. The molecule has 2 aliphatic heterocycles. The van der Waals surface area contributed by atoms with Gasteiger partial charge in [0.2, 0.25) is 0 Å². The molecule has 2 aliphatic rings. The number of rotatable bonds is 4. The second-order valence-corrected chi connectivity index (χ2v) is 7.55. The highest BCUT2D eigenvalue weighted by Crippen LogP contribution is 2.43. The van der Waals surface area contributed by atoms with Crippen LogP contribution in [-0.4, -0.2) is 46.2 Å². The molecule has 0 bridgehead atoms. The van der Waals surface area contributed by atoms with Crippen molar-refractivity contribution in [3.05, 3.63) is 0 Å². The van der Waals surface area contributed by atoms with Gasteiger partial charge in [0.25, 0.3) is 0 Å². The van der Waals surface area contributed by atoms with Gasteiger partial charge in [-0.05, 0) is 25.7 Å². The van der Waals surface area contributed by atoms with Crippen LogP contribution in [-0.2, 0) is 14.6 Å². The van der Waals surface area contributed by atoms with Crippen molar-refractivity contribution in [3.8, 4) is 0 Å². The van der Waals surface area contributed by atoms with E-state index in [0.717, 1.165) is 25.9 Å². The Labute approximate surface area is 97.7 Å². The summed E-state index contributed by atoms with van der Waals surface area (Å²) in [4.78, 5) is 0. The van der Waals surface area contributed by atoms with Gasteiger partial charge in [0.05, 0.1) is 17.6 Å². The Balaban J connectivity index is 2.05. The van der Waals surface area contributed by atoms with Gasteiger partial charge in [0.15, 0.2) is 9.84 Å². The highest BCUT2D eigenvalue weighted by molar-refractivity contribution is 7.91. The van der Waals surface area contributed by atoms with Crippen LogP contribution in [0.2, 0.25) is 0 Å². The Hall–Kier alpha value is -0.130. The Kier molecular flexibility index (Phi) is 3.29. The molecule has 2 rings (SSSR count). The molecule has 0 radical (unpaired) electrons. The van der Waals surface area contributed by atoms with Gasteiger partial charge < -0.3 is 10.1 Å². The van der Waals surface area contributed by atoms with Gasteiger partial charge in [0.1, 0.15) is 0 Å². The second-order valence-electron chi connectivity index (χ2n) is 5.32. The summed E-state index contributed by atoms with van der Waals surface area (Å²) in [6.45, 7) is 3.95. The molecule has 0 aromatic rings. The molecule has 2 fully saturated rings. The maximum atomic E-state index is 11.5. The average Bonchev–Trinajstić information content (AvgIpc) is 2.52. The molecular formula is C11H21NO3S. The minimum absolute atomic E-state index is 0.166. The minimum Gasteiger partial charge on any atom is -0.382 e. The van der Waals surface area contributed by atoms with Crippen molar-refractivity contribution in [1.29, 1.82) is 0 Å². The van der Waals surface area contributed by atoms with Crippen LogP contribution in [0.4, 0.5) is 0 Å². The molecule has 5 heteroatoms. The number of sulfone groups is 1. The van der Waals surface area contributed by atoms with E-state index < -0.39 is 9.84 Å². The third kappa shape index (κ3) is 2.26. The van der Waals surface area contributed by atoms with Crippen molar-refractivity contribution in [3.63, 3.8) is 0 Å². The zero-order chi connectivity index (χ0) is 11.8. The molecule has 2 atom stereocenters. The predicted octanol–water partition coefficient (Wildman–Crippen LogP) is 0.436. The second kappa shape index (κ2) is 4.27. The van der Waals surface area contributed by atoms with E-state index in [2.05, 4.69) is 12.2 Å². The van der Waals surface area contributed by atoms with Crippen LogP contribution in [0.5, 0.6) is 0 Å². The normalized spacial score (nSPS) is 33.2. The van der Waals surface area contributed by atoms with Crippen LogP contribution >= 0.6 is 0 Å². The fourth-order valence-corrected chi connectivity index (χ4v) is 4.92. The number of nitrogens with one attached hydrogen (secondary N) is 1. The molecule has 16 heavy (non-hydrogen) atoms. The summed E-state index contributed by atoms with van der Waals surface area (Å²) in [5.41, 5.74) is 0.166. The van der Waals surface area contributed by atoms with Gasteiger partial charge in [-0.25, -0.2) is 8.42 Å². The summed E-state index contributed by atoms with van der Waals surface area (Å²) in [5, 5.41) is 3.29. The standard InChI is InChI=1S/C11H21NO3S/c1-9(15-2)5-11(7-12-8-11)10-3-4-16(13,14)6-10/h9-10,12H,3-8H2,1-2H3. The highest BCUT2D eigenvalue weighted by Gasteiger charge is 2.48. The molecule has 2 unspecified atom stereocenters. The summed E-state index contributed by atoms with van der Waals surface area (Å²) in [5.74, 6) is 1.09. The van der Waals surface area contributed by atoms with Crippen molar-refractivity contribution in [2.75, 3.05) is 31.7 Å². The number of hydrogen-bond donors (Lipinski definition) is 1. The van der Waals surface area contributed by atoms with Crippen LogP contribution in [0.3, 0.4) is 0 Å². The summed E-state index contributed by atoms with van der Waals surface area (Å²) >= 11 is 0. The number of ether oxygens (including phenoxy) is 1. The van der Waals surface area contributed by atoms with Crippen LogP contribution in [0.1, 0.15) is 19.8 Å². The summed E-state index contributed by atoms with van der Waals surface area (Å²) < 4.78 is 28.4. The average molecular weight is 247 g/mol. The summed E-state index contributed by atoms with van der Waals surface area (Å²) in [7, 11) is -1.05. The maximum Gasteiger partial charge on any atom is 0.150 e. The van der Waals surface area contributed by atoms with E-state index in [-0.39, 0.29) is 11.5 Å². The maximum absolute atomic E-state index is 11.5. The van der Waals surface area contributed by atoms with Gasteiger partial charge in [-0.2, -0.15) is 0 Å². The fourth-order valence-electron chi connectivity index (χ4n) is 2.98. The molecule has 2 saturated heterocycles. The molecule has 1 N–H and O–H groups in total. The highest BCUT2D eigenvalue weighted by atomic mass is 32.2. The molecule has 0 aliphatic carbocycles. The molecule has 0 aromatic heterocycles. The van der Waals surface area contributed by atoms with Crippen molar-refractivity contribution in [1.82, 2.24) is 5.32 Å². The Morgan fingerprint density at radius 1 is 1.50 bits per heavy atom. The Morgan fingerprint density at radius 3 is 2.56 bits per heavy atom. The fraction of sp³-hybridized carbons (Fsp3) is 1.00. The smallest absolute Gasteiger partial charge is 0.150 e. The topological polar surface area (TPSA) is 55.4 Å². The molecule has 0 aromatic carbocycles. The van der Waals surface area contributed by atoms with Crippen molar-refractivity contribution < 1.29 is 13.2 Å². The lowest BCUT2D eigenvalue weighted by molar-refractivity contribution is 0.00620. The van der Waals surface area contributed by atoms with E-state index in [1.807, 2.05) is 0 Å². The number of hydrogen-bond acceptors (Lipinski definition) is 4. The van der Waals surface area contributed by atoms with Crippen LogP contribution < -0.4 is 5.32 Å². The van der Waals surface area contributed by atoms with Gasteiger partial charge >= 0.3 is 0 Å². The first-order chi connectivity index (χ1) is 7.47. The molecule has 0 amide bonds. The first kappa shape index (κ1) is 12.3. The van der Waals surface area contributed by atoms with Gasteiger partial charge in [-0.15, -0.1) is 0 Å². The minimum atomic E-state index is -2.77.